The van der Waals surface area contributed by atoms with Gasteiger partial charge in [0.15, 0.2) is 0 Å². The molecule has 0 N–H and O–H groups in total. The van der Waals surface area contributed by atoms with Gasteiger partial charge < -0.3 is 4.90 Å². The third-order valence-corrected chi connectivity index (χ3v) is 8.69. The second-order valence-electron chi connectivity index (χ2n) is 7.65. The van der Waals surface area contributed by atoms with E-state index in [0.717, 1.165) is 6.42 Å². The van der Waals surface area contributed by atoms with E-state index >= 15 is 0 Å². The highest BCUT2D eigenvalue weighted by atomic mass is 32.1. The van der Waals surface area contributed by atoms with Crippen molar-refractivity contribution in [3.63, 3.8) is 0 Å². The molecule has 0 saturated carbocycles. The molecule has 0 saturated heterocycles. The Labute approximate surface area is 190 Å². The lowest BCUT2D eigenvalue weighted by Gasteiger charge is -2.27. The Bertz CT molecular complexity index is 1190. The number of rotatable bonds is 5. The van der Waals surface area contributed by atoms with E-state index in [9.17, 15) is 0 Å². The summed E-state index contributed by atoms with van der Waals surface area (Å²) in [7, 11) is 0. The molecule has 1 atom stereocenters. The van der Waals surface area contributed by atoms with Crippen LogP contribution < -0.4 is 4.90 Å². The average Bonchev–Trinajstić information content (AvgIpc) is 3.52. The lowest BCUT2D eigenvalue weighted by atomic mass is 10.0. The van der Waals surface area contributed by atoms with E-state index in [0.29, 0.717) is 5.92 Å². The molecular weight excluding hydrogens is 422 g/mol. The Morgan fingerprint density at radius 2 is 1.57 bits per heavy atom. The molecule has 1 aromatic carbocycles. The predicted molar refractivity (Wildman–Crippen MR) is 135 cm³/mol. The molecule has 0 bridgehead atoms. The molecule has 1 nitrogen and oxygen atoms in total. The molecular formula is C26H23NS3. The van der Waals surface area contributed by atoms with Gasteiger partial charge in [-0.25, -0.2) is 0 Å². The van der Waals surface area contributed by atoms with Gasteiger partial charge in [0.1, 0.15) is 5.00 Å². The largest absolute Gasteiger partial charge is 0.302 e. The molecule has 0 fully saturated rings. The SMILES string of the molecule is Cc1ccc(N(C2=CCC(C)C=C2)c2ccc(-c3ccc(-c4cccs4)s3)s2)cc1. The first-order valence-electron chi connectivity index (χ1n) is 10.2. The van der Waals surface area contributed by atoms with E-state index in [1.807, 2.05) is 22.7 Å². The highest BCUT2D eigenvalue weighted by Crippen LogP contribution is 2.44. The molecule has 1 aliphatic carbocycles. The van der Waals surface area contributed by atoms with Gasteiger partial charge in [0.05, 0.1) is 0 Å². The van der Waals surface area contributed by atoms with E-state index in [2.05, 4.69) is 103 Å². The molecule has 5 rings (SSSR count). The second kappa shape index (κ2) is 8.38. The Balaban J connectivity index is 1.50. The van der Waals surface area contributed by atoms with Gasteiger partial charge >= 0.3 is 0 Å². The first kappa shape index (κ1) is 19.6. The zero-order chi connectivity index (χ0) is 20.5. The Morgan fingerprint density at radius 1 is 0.833 bits per heavy atom. The molecule has 4 heteroatoms. The fraction of sp³-hybridized carbons (Fsp3) is 0.154. The molecule has 0 aliphatic heterocycles. The summed E-state index contributed by atoms with van der Waals surface area (Å²) in [6.07, 6.45) is 8.04. The fourth-order valence-electron chi connectivity index (χ4n) is 3.58. The van der Waals surface area contributed by atoms with Crippen LogP contribution in [-0.4, -0.2) is 0 Å². The van der Waals surface area contributed by atoms with E-state index in [1.54, 1.807) is 11.3 Å². The van der Waals surface area contributed by atoms with Crippen molar-refractivity contribution in [3.05, 3.63) is 95.5 Å². The maximum absolute atomic E-state index is 2.39. The summed E-state index contributed by atoms with van der Waals surface area (Å²) < 4.78 is 0. The lowest BCUT2D eigenvalue weighted by molar-refractivity contribution is 0.729. The van der Waals surface area contributed by atoms with E-state index in [-0.39, 0.29) is 0 Å². The minimum absolute atomic E-state index is 0.606. The number of hydrogen-bond acceptors (Lipinski definition) is 4. The minimum atomic E-state index is 0.606. The first-order chi connectivity index (χ1) is 14.7. The zero-order valence-corrected chi connectivity index (χ0v) is 19.5. The van der Waals surface area contributed by atoms with Crippen molar-refractivity contribution < 1.29 is 0 Å². The summed E-state index contributed by atoms with van der Waals surface area (Å²) in [5.41, 5.74) is 3.76. The van der Waals surface area contributed by atoms with Gasteiger partial charge in [-0.05, 0) is 73.2 Å². The predicted octanol–water partition coefficient (Wildman–Crippen LogP) is 9.13. The zero-order valence-electron chi connectivity index (χ0n) is 17.0. The van der Waals surface area contributed by atoms with Crippen molar-refractivity contribution in [2.45, 2.75) is 20.3 Å². The normalized spacial score (nSPS) is 15.9. The van der Waals surface area contributed by atoms with Crippen LogP contribution >= 0.6 is 34.0 Å². The summed E-state index contributed by atoms with van der Waals surface area (Å²) in [6.45, 7) is 4.41. The topological polar surface area (TPSA) is 3.24 Å². The van der Waals surface area contributed by atoms with E-state index in [4.69, 9.17) is 0 Å². The molecule has 1 aliphatic rings. The van der Waals surface area contributed by atoms with Crippen molar-refractivity contribution in [1.29, 1.82) is 0 Å². The van der Waals surface area contributed by atoms with Crippen molar-refractivity contribution >= 4 is 44.7 Å². The lowest BCUT2D eigenvalue weighted by Crippen LogP contribution is -2.16. The maximum Gasteiger partial charge on any atom is 0.101 e. The molecule has 30 heavy (non-hydrogen) atoms. The van der Waals surface area contributed by atoms with E-state index in [1.165, 1.54) is 41.5 Å². The molecule has 0 amide bonds. The molecule has 4 aromatic rings. The number of benzene rings is 1. The molecule has 1 unspecified atom stereocenters. The van der Waals surface area contributed by atoms with Gasteiger partial charge in [-0.3, -0.25) is 0 Å². The quantitative estimate of drug-likeness (QED) is 0.296. The Morgan fingerprint density at radius 3 is 2.27 bits per heavy atom. The molecule has 3 heterocycles. The first-order valence-corrected chi connectivity index (χ1v) is 12.7. The smallest absolute Gasteiger partial charge is 0.101 e. The monoisotopic (exact) mass is 445 g/mol. The number of thiophene rings is 3. The van der Waals surface area contributed by atoms with Crippen LogP contribution in [0.15, 0.2) is 90.0 Å². The third kappa shape index (κ3) is 3.95. The van der Waals surface area contributed by atoms with Crippen LogP contribution in [0, 0.1) is 12.8 Å². The summed E-state index contributed by atoms with van der Waals surface area (Å²) in [4.78, 5) is 7.74. The second-order valence-corrected chi connectivity index (χ2v) is 10.7. The number of aryl methyl sites for hydroxylation is 1. The Kier molecular flexibility index (Phi) is 5.47. The van der Waals surface area contributed by atoms with Crippen molar-refractivity contribution in [3.8, 4) is 19.5 Å². The van der Waals surface area contributed by atoms with Crippen LogP contribution in [0.1, 0.15) is 18.9 Å². The third-order valence-electron chi connectivity index (χ3n) is 5.27. The molecule has 0 spiro atoms. The van der Waals surface area contributed by atoms with E-state index < -0.39 is 0 Å². The van der Waals surface area contributed by atoms with Gasteiger partial charge in [-0.1, -0.05) is 42.8 Å². The number of nitrogens with zero attached hydrogens (tertiary/aromatic N) is 1. The fourth-order valence-corrected chi connectivity index (χ4v) is 6.56. The highest BCUT2D eigenvalue weighted by Gasteiger charge is 2.18. The van der Waals surface area contributed by atoms with Crippen molar-refractivity contribution in [2.75, 3.05) is 4.90 Å². The standard InChI is InChI=1S/C26H23NS3/c1-18-5-9-20(10-6-18)27(21-11-7-19(2)8-12-21)26-16-15-25(30-26)24-14-13-23(29-24)22-4-3-17-28-22/h3-7,9-17,19H,8H2,1-2H3. The van der Waals surface area contributed by atoms with Crippen LogP contribution in [0.25, 0.3) is 19.5 Å². The van der Waals surface area contributed by atoms with Gasteiger partial charge in [-0.2, -0.15) is 0 Å². The molecule has 0 radical (unpaired) electrons. The van der Waals surface area contributed by atoms with Gasteiger partial charge in [0.2, 0.25) is 0 Å². The minimum Gasteiger partial charge on any atom is -0.302 e. The van der Waals surface area contributed by atoms with Crippen molar-refractivity contribution in [2.24, 2.45) is 5.92 Å². The summed E-state index contributed by atoms with van der Waals surface area (Å²) in [5.74, 6) is 0.606. The summed E-state index contributed by atoms with van der Waals surface area (Å²) in [6, 6.07) is 22.2. The van der Waals surface area contributed by atoms with Gasteiger partial charge in [0.25, 0.3) is 0 Å². The highest BCUT2D eigenvalue weighted by molar-refractivity contribution is 7.27. The van der Waals surface area contributed by atoms with Crippen LogP contribution in [0.4, 0.5) is 10.7 Å². The van der Waals surface area contributed by atoms with Crippen LogP contribution in [-0.2, 0) is 0 Å². The molecule has 150 valence electrons. The maximum atomic E-state index is 2.39. The number of hydrogen-bond donors (Lipinski definition) is 0. The number of allylic oxidation sites excluding steroid dienone is 3. The average molecular weight is 446 g/mol. The van der Waals surface area contributed by atoms with Crippen LogP contribution in [0.3, 0.4) is 0 Å². The van der Waals surface area contributed by atoms with Crippen LogP contribution in [0.2, 0.25) is 0 Å². The van der Waals surface area contributed by atoms with Crippen molar-refractivity contribution in [1.82, 2.24) is 0 Å². The Hall–Kier alpha value is -2.40. The summed E-state index contributed by atoms with van der Waals surface area (Å²) in [5, 5.41) is 3.40. The van der Waals surface area contributed by atoms with Gasteiger partial charge in [-0.15, -0.1) is 34.0 Å². The van der Waals surface area contributed by atoms with Gasteiger partial charge in [0, 0.05) is 30.9 Å². The summed E-state index contributed by atoms with van der Waals surface area (Å²) >= 11 is 5.54. The number of anilines is 2. The molecule has 3 aromatic heterocycles. The van der Waals surface area contributed by atoms with Crippen LogP contribution in [0.5, 0.6) is 0 Å².